The number of aliphatic imine (C=N–C) groups is 1. The fourth-order valence-electron chi connectivity index (χ4n) is 2.35. The van der Waals surface area contributed by atoms with Gasteiger partial charge >= 0.3 is 5.97 Å². The molecule has 0 saturated carbocycles. The lowest BCUT2D eigenvalue weighted by Gasteiger charge is -2.22. The molecule has 22 heavy (non-hydrogen) atoms. The van der Waals surface area contributed by atoms with Gasteiger partial charge in [-0.3, -0.25) is 4.79 Å². The topological polar surface area (TPSA) is 113 Å². The number of ether oxygens (including phenoxy) is 1. The molecule has 2 atom stereocenters. The molecule has 2 fully saturated rings. The molecule has 8 nitrogen and oxygen atoms in total. The first-order chi connectivity index (χ1) is 10.3. The molecule has 0 spiro atoms. The average Bonchev–Trinajstić information content (AvgIpc) is 2.83. The summed E-state index contributed by atoms with van der Waals surface area (Å²) in [7, 11) is -3.06. The Hall–Kier alpha value is -1.39. The van der Waals surface area contributed by atoms with Crippen molar-refractivity contribution in [1.82, 2.24) is 4.90 Å². The van der Waals surface area contributed by atoms with E-state index in [0.29, 0.717) is 11.7 Å². The minimum absolute atomic E-state index is 0.0429. The van der Waals surface area contributed by atoms with Crippen molar-refractivity contribution < 1.29 is 27.9 Å². The molecule has 1 amide bonds. The molecule has 0 aromatic heterocycles. The minimum atomic E-state index is -3.06. The van der Waals surface area contributed by atoms with Gasteiger partial charge in [0.05, 0.1) is 17.5 Å². The summed E-state index contributed by atoms with van der Waals surface area (Å²) in [6.07, 6.45) is 1.62. The van der Waals surface area contributed by atoms with Crippen LogP contribution < -0.4 is 0 Å². The number of amides is 1. The van der Waals surface area contributed by atoms with Crippen LogP contribution in [0, 0.1) is 0 Å². The maximum absolute atomic E-state index is 11.7. The molecule has 2 aliphatic heterocycles. The molecule has 0 bridgehead atoms. The van der Waals surface area contributed by atoms with Crippen LogP contribution in [-0.4, -0.2) is 78.0 Å². The van der Waals surface area contributed by atoms with Gasteiger partial charge in [0.25, 0.3) is 5.91 Å². The summed E-state index contributed by atoms with van der Waals surface area (Å²) < 4.78 is 28.0. The first kappa shape index (κ1) is 17.0. The third-order valence-corrected chi connectivity index (χ3v) is 6.42. The van der Waals surface area contributed by atoms with Crippen molar-refractivity contribution in [2.24, 2.45) is 4.99 Å². The van der Waals surface area contributed by atoms with Crippen LogP contribution in [0.2, 0.25) is 0 Å². The normalized spacial score (nSPS) is 27.8. The lowest BCUT2D eigenvalue weighted by Crippen LogP contribution is -2.37. The van der Waals surface area contributed by atoms with Gasteiger partial charge in [-0.2, -0.15) is 4.99 Å². The summed E-state index contributed by atoms with van der Waals surface area (Å²) in [5, 5.41) is 8.72. The number of nitrogens with zero attached hydrogens (tertiary/aromatic N) is 2. The second-order valence-corrected chi connectivity index (χ2v) is 8.28. The number of carboxylic acids is 1. The molecule has 122 valence electrons. The number of thioether (sulfide) groups is 1. The Morgan fingerprint density at radius 3 is 2.82 bits per heavy atom. The largest absolute Gasteiger partial charge is 0.480 e. The Labute approximate surface area is 132 Å². The molecule has 0 aromatic carbocycles. The van der Waals surface area contributed by atoms with Crippen molar-refractivity contribution in [2.75, 3.05) is 31.3 Å². The van der Waals surface area contributed by atoms with Gasteiger partial charge in [-0.05, 0) is 0 Å². The van der Waals surface area contributed by atoms with E-state index in [-0.39, 0.29) is 22.8 Å². The monoisotopic (exact) mass is 348 g/mol. The average molecular weight is 348 g/mol. The van der Waals surface area contributed by atoms with Crippen LogP contribution in [0.1, 0.15) is 0 Å². The Morgan fingerprint density at radius 1 is 1.45 bits per heavy atom. The van der Waals surface area contributed by atoms with Crippen molar-refractivity contribution in [2.45, 2.75) is 11.3 Å². The van der Waals surface area contributed by atoms with Crippen molar-refractivity contribution in [3.05, 3.63) is 12.7 Å². The number of carboxylic acid groups (broad SMARTS) is 1. The molecular weight excluding hydrogens is 332 g/mol. The number of aliphatic carboxylic acids is 1. The molecule has 2 heterocycles. The molecule has 2 aliphatic rings. The van der Waals surface area contributed by atoms with Gasteiger partial charge in [0.15, 0.2) is 15.0 Å². The number of amidine groups is 1. The quantitative estimate of drug-likeness (QED) is 0.631. The molecule has 0 aromatic rings. The van der Waals surface area contributed by atoms with Crippen LogP contribution in [0.15, 0.2) is 17.6 Å². The van der Waals surface area contributed by atoms with E-state index in [1.165, 1.54) is 11.8 Å². The lowest BCUT2D eigenvalue weighted by molar-refractivity contribution is -0.143. The van der Waals surface area contributed by atoms with E-state index in [2.05, 4.69) is 16.3 Å². The second kappa shape index (κ2) is 6.80. The van der Waals surface area contributed by atoms with Crippen LogP contribution >= 0.6 is 11.8 Å². The fraction of sp³-hybridized carbons (Fsp3) is 0.583. The zero-order valence-electron chi connectivity index (χ0n) is 11.7. The van der Waals surface area contributed by atoms with E-state index in [1.54, 1.807) is 11.0 Å². The Balaban J connectivity index is 2.04. The van der Waals surface area contributed by atoms with Crippen LogP contribution in [-0.2, 0) is 24.2 Å². The first-order valence-corrected chi connectivity index (χ1v) is 9.18. The van der Waals surface area contributed by atoms with Crippen LogP contribution in [0.25, 0.3) is 0 Å². The molecule has 0 unspecified atom stereocenters. The summed E-state index contributed by atoms with van der Waals surface area (Å²) in [6, 6.07) is -0.209. The summed E-state index contributed by atoms with van der Waals surface area (Å²) in [4.78, 5) is 27.7. The molecule has 1 N–H and O–H groups in total. The number of hydrogen-bond acceptors (Lipinski definition) is 6. The zero-order valence-corrected chi connectivity index (χ0v) is 13.3. The number of rotatable bonds is 6. The predicted octanol–water partition coefficient (Wildman–Crippen LogP) is -0.629. The molecule has 0 aliphatic carbocycles. The summed E-state index contributed by atoms with van der Waals surface area (Å²) >= 11 is 1.26. The number of carbonyl (C=O) groups excluding carboxylic acids is 1. The number of hydrogen-bond donors (Lipinski definition) is 1. The number of fused-ring (bicyclic) bond motifs is 1. The van der Waals surface area contributed by atoms with E-state index in [4.69, 9.17) is 5.11 Å². The first-order valence-electron chi connectivity index (χ1n) is 6.48. The summed E-state index contributed by atoms with van der Waals surface area (Å²) in [5.74, 6) is -1.65. The van der Waals surface area contributed by atoms with E-state index in [1.807, 2.05) is 0 Å². The van der Waals surface area contributed by atoms with Crippen molar-refractivity contribution >= 4 is 38.6 Å². The van der Waals surface area contributed by atoms with Crippen molar-refractivity contribution in [3.8, 4) is 0 Å². The van der Waals surface area contributed by atoms with Gasteiger partial charge in [0.1, 0.15) is 13.2 Å². The second-order valence-electron chi connectivity index (χ2n) is 4.92. The maximum Gasteiger partial charge on any atom is 0.329 e. The van der Waals surface area contributed by atoms with Gasteiger partial charge in [-0.1, -0.05) is 17.8 Å². The summed E-state index contributed by atoms with van der Waals surface area (Å²) in [6.45, 7) is 3.03. The molecule has 10 heteroatoms. The van der Waals surface area contributed by atoms with Gasteiger partial charge in [-0.25, -0.2) is 13.2 Å². The molecule has 2 saturated heterocycles. The Kier molecular flexibility index (Phi) is 5.24. The van der Waals surface area contributed by atoms with Crippen molar-refractivity contribution in [3.63, 3.8) is 0 Å². The van der Waals surface area contributed by atoms with Gasteiger partial charge < -0.3 is 14.7 Å². The highest BCUT2D eigenvalue weighted by Crippen LogP contribution is 2.37. The predicted molar refractivity (Wildman–Crippen MR) is 81.6 cm³/mol. The third-order valence-electron chi connectivity index (χ3n) is 3.17. The van der Waals surface area contributed by atoms with E-state index in [9.17, 15) is 18.0 Å². The summed E-state index contributed by atoms with van der Waals surface area (Å²) in [5.41, 5.74) is 0. The third kappa shape index (κ3) is 4.08. The standard InChI is InChI=1S/C12H16N2O6S2/c1-2-3-14-8-6-22(18,19)7-9(8)21-12(14)13-10(15)4-20-5-11(16)17/h2,8-9H,1,3-7H2,(H,16,17)/t8-,9+/m1/s1. The molecule has 0 radical (unpaired) electrons. The van der Waals surface area contributed by atoms with E-state index in [0.717, 1.165) is 0 Å². The van der Waals surface area contributed by atoms with Gasteiger partial charge in [-0.15, -0.1) is 6.58 Å². The van der Waals surface area contributed by atoms with E-state index < -0.39 is 34.9 Å². The molecular formula is C12H16N2O6S2. The highest BCUT2D eigenvalue weighted by molar-refractivity contribution is 8.15. The van der Waals surface area contributed by atoms with E-state index >= 15 is 0 Å². The minimum Gasteiger partial charge on any atom is -0.480 e. The smallest absolute Gasteiger partial charge is 0.329 e. The van der Waals surface area contributed by atoms with Crippen molar-refractivity contribution in [1.29, 1.82) is 0 Å². The SMILES string of the molecule is C=CCN1C(=NC(=O)COCC(=O)O)S[C@H]2CS(=O)(=O)C[C@H]21. The molecule has 2 rings (SSSR count). The highest BCUT2D eigenvalue weighted by atomic mass is 32.2. The maximum atomic E-state index is 11.7. The number of sulfone groups is 1. The van der Waals surface area contributed by atoms with Crippen LogP contribution in [0.3, 0.4) is 0 Å². The number of carbonyl (C=O) groups is 2. The van der Waals surface area contributed by atoms with Crippen LogP contribution in [0.4, 0.5) is 0 Å². The Morgan fingerprint density at radius 2 is 2.18 bits per heavy atom. The zero-order chi connectivity index (χ0) is 16.3. The van der Waals surface area contributed by atoms with Crippen LogP contribution in [0.5, 0.6) is 0 Å². The fourth-order valence-corrected chi connectivity index (χ4v) is 6.33. The van der Waals surface area contributed by atoms with Gasteiger partial charge in [0.2, 0.25) is 0 Å². The Bertz CT molecular complexity index is 615. The highest BCUT2D eigenvalue weighted by Gasteiger charge is 2.48. The lowest BCUT2D eigenvalue weighted by atomic mass is 10.2. The van der Waals surface area contributed by atoms with Gasteiger partial charge in [0, 0.05) is 11.8 Å².